The number of H-pyrrole nitrogens is 1. The van der Waals surface area contributed by atoms with Gasteiger partial charge >= 0.3 is 12.0 Å². The van der Waals surface area contributed by atoms with Crippen LogP contribution in [0.2, 0.25) is 0 Å². The summed E-state index contributed by atoms with van der Waals surface area (Å²) in [5, 5.41) is 13.8. The lowest BCUT2D eigenvalue weighted by Gasteiger charge is -2.32. The lowest BCUT2D eigenvalue weighted by molar-refractivity contribution is -0.149. The second-order valence-corrected chi connectivity index (χ2v) is 9.04. The lowest BCUT2D eigenvalue weighted by atomic mass is 9.82. The number of aromatic nitrogens is 2. The number of rotatable bonds is 7. The molecule has 0 unspecified atom stereocenters. The Hall–Kier alpha value is -2.25. The Morgan fingerprint density at radius 2 is 1.87 bits per heavy atom. The molecule has 0 aromatic carbocycles. The van der Waals surface area contributed by atoms with Crippen molar-refractivity contribution in [1.82, 2.24) is 20.8 Å². The van der Waals surface area contributed by atoms with Gasteiger partial charge in [0.25, 0.3) is 0 Å². The average Bonchev–Trinajstić information content (AvgIpc) is 3.50. The maximum Gasteiger partial charge on any atom is 0.315 e. The monoisotopic (exact) mass is 417 g/mol. The van der Waals surface area contributed by atoms with Gasteiger partial charge < -0.3 is 20.3 Å². The van der Waals surface area contributed by atoms with Gasteiger partial charge in [-0.05, 0) is 64.2 Å². The highest BCUT2D eigenvalue weighted by molar-refractivity contribution is 5.74. The Morgan fingerprint density at radius 1 is 1.13 bits per heavy atom. The third-order valence-corrected chi connectivity index (χ3v) is 6.77. The summed E-state index contributed by atoms with van der Waals surface area (Å²) in [6.45, 7) is 4.80. The number of ether oxygens (including phenoxy) is 1. The van der Waals surface area contributed by atoms with Crippen LogP contribution in [0.15, 0.2) is 6.07 Å². The minimum atomic E-state index is -0.0724. The molecule has 3 N–H and O–H groups in total. The molecule has 30 heavy (non-hydrogen) atoms. The number of urea groups is 1. The number of carbonyl (C=O) groups excluding carboxylic acids is 2. The fraction of sp³-hybridized carbons (Fsp3) is 0.773. The van der Waals surface area contributed by atoms with Crippen LogP contribution in [-0.2, 0) is 9.53 Å². The highest BCUT2D eigenvalue weighted by Crippen LogP contribution is 2.40. The van der Waals surface area contributed by atoms with Crippen molar-refractivity contribution in [2.45, 2.75) is 70.3 Å². The number of esters is 1. The number of hydrogen-bond donors (Lipinski definition) is 3. The van der Waals surface area contributed by atoms with Gasteiger partial charge in [0.2, 0.25) is 0 Å². The van der Waals surface area contributed by atoms with Crippen molar-refractivity contribution in [1.29, 1.82) is 0 Å². The first-order chi connectivity index (χ1) is 14.6. The maximum atomic E-state index is 12.3. The van der Waals surface area contributed by atoms with Gasteiger partial charge in [-0.25, -0.2) is 4.79 Å². The van der Waals surface area contributed by atoms with E-state index in [4.69, 9.17) is 4.74 Å². The third-order valence-electron chi connectivity index (χ3n) is 6.77. The van der Waals surface area contributed by atoms with Gasteiger partial charge in [0.1, 0.15) is 0 Å². The van der Waals surface area contributed by atoms with Crippen molar-refractivity contribution in [3.05, 3.63) is 11.8 Å². The largest absolute Gasteiger partial charge is 0.466 e. The first-order valence-electron chi connectivity index (χ1n) is 11.6. The summed E-state index contributed by atoms with van der Waals surface area (Å²) < 4.78 is 5.12. The minimum Gasteiger partial charge on any atom is -0.466 e. The molecule has 0 atom stereocenters. The molecule has 0 spiro atoms. The second-order valence-electron chi connectivity index (χ2n) is 9.04. The van der Waals surface area contributed by atoms with Crippen LogP contribution < -0.4 is 15.5 Å². The molecule has 3 aliphatic rings. The Morgan fingerprint density at radius 3 is 2.53 bits per heavy atom. The molecule has 4 rings (SSSR count). The predicted molar refractivity (Wildman–Crippen MR) is 114 cm³/mol. The number of anilines is 1. The fourth-order valence-electron chi connectivity index (χ4n) is 4.68. The SMILES string of the molecule is CCOC(=O)C1CCC(CNC(=O)NC2CCN(c3cc(C4CC4)[nH]n3)CC2)CC1. The van der Waals surface area contributed by atoms with E-state index in [0.29, 0.717) is 25.0 Å². The molecule has 1 aromatic heterocycles. The number of piperidine rings is 1. The van der Waals surface area contributed by atoms with Crippen LogP contribution in [-0.4, -0.2) is 54.5 Å². The Bertz CT molecular complexity index is 716. The molecule has 166 valence electrons. The van der Waals surface area contributed by atoms with Crippen molar-refractivity contribution in [2.75, 3.05) is 31.1 Å². The zero-order valence-corrected chi connectivity index (χ0v) is 18.0. The molecule has 2 aliphatic carbocycles. The van der Waals surface area contributed by atoms with Gasteiger partial charge in [-0.1, -0.05) is 0 Å². The maximum absolute atomic E-state index is 12.3. The van der Waals surface area contributed by atoms with E-state index in [-0.39, 0.29) is 24.0 Å². The van der Waals surface area contributed by atoms with Gasteiger partial charge in [-0.15, -0.1) is 0 Å². The molecule has 0 bridgehead atoms. The molecule has 0 radical (unpaired) electrons. The summed E-state index contributed by atoms with van der Waals surface area (Å²) in [5.74, 6) is 2.15. The molecule has 1 saturated heterocycles. The van der Waals surface area contributed by atoms with E-state index in [1.165, 1.54) is 18.5 Å². The summed E-state index contributed by atoms with van der Waals surface area (Å²) in [6.07, 6.45) is 8.07. The molecule has 8 heteroatoms. The number of nitrogens with one attached hydrogen (secondary N) is 3. The van der Waals surface area contributed by atoms with E-state index in [1.807, 2.05) is 6.92 Å². The van der Waals surface area contributed by atoms with Crippen LogP contribution in [0.3, 0.4) is 0 Å². The normalized spacial score (nSPS) is 25.0. The Balaban J connectivity index is 1.11. The van der Waals surface area contributed by atoms with E-state index in [2.05, 4.69) is 31.8 Å². The molecular weight excluding hydrogens is 382 g/mol. The van der Waals surface area contributed by atoms with Crippen molar-refractivity contribution >= 4 is 17.8 Å². The smallest absolute Gasteiger partial charge is 0.315 e. The summed E-state index contributed by atoms with van der Waals surface area (Å²) >= 11 is 0. The minimum absolute atomic E-state index is 0.0371. The summed E-state index contributed by atoms with van der Waals surface area (Å²) in [6, 6.07) is 2.33. The Kier molecular flexibility index (Phi) is 6.79. The molecule has 2 heterocycles. The highest BCUT2D eigenvalue weighted by atomic mass is 16.5. The summed E-state index contributed by atoms with van der Waals surface area (Å²) in [5.41, 5.74) is 1.26. The van der Waals surface area contributed by atoms with E-state index in [1.54, 1.807) is 0 Å². The van der Waals surface area contributed by atoms with Crippen LogP contribution in [0.1, 0.15) is 69.9 Å². The number of carbonyl (C=O) groups is 2. The standard InChI is InChI=1S/C22H35N5O3/c1-2-30-21(28)17-5-3-15(4-6-17)14-23-22(29)24-18-9-11-27(12-10-18)20-13-19(25-26-20)16-7-8-16/h13,15-18H,2-12,14H2,1H3,(H,25,26)(H2,23,24,29). The van der Waals surface area contributed by atoms with Crippen LogP contribution in [0, 0.1) is 11.8 Å². The van der Waals surface area contributed by atoms with Gasteiger partial charge in [-0.2, -0.15) is 5.10 Å². The second kappa shape index (κ2) is 9.71. The third kappa shape index (κ3) is 5.46. The summed E-state index contributed by atoms with van der Waals surface area (Å²) in [7, 11) is 0. The van der Waals surface area contributed by atoms with E-state index in [9.17, 15) is 9.59 Å². The zero-order chi connectivity index (χ0) is 20.9. The van der Waals surface area contributed by atoms with Crippen LogP contribution in [0.5, 0.6) is 0 Å². The highest BCUT2D eigenvalue weighted by Gasteiger charge is 2.29. The summed E-state index contributed by atoms with van der Waals surface area (Å²) in [4.78, 5) is 26.5. The molecule has 1 aromatic rings. The molecule has 1 aliphatic heterocycles. The van der Waals surface area contributed by atoms with Crippen LogP contribution in [0.25, 0.3) is 0 Å². The van der Waals surface area contributed by atoms with Crippen molar-refractivity contribution in [3.8, 4) is 0 Å². The fourth-order valence-corrected chi connectivity index (χ4v) is 4.68. The van der Waals surface area contributed by atoms with Gasteiger partial charge in [0.15, 0.2) is 5.82 Å². The first kappa shape index (κ1) is 21.0. The molecule has 8 nitrogen and oxygen atoms in total. The van der Waals surface area contributed by atoms with Crippen molar-refractivity contribution in [3.63, 3.8) is 0 Å². The van der Waals surface area contributed by atoms with E-state index < -0.39 is 0 Å². The van der Waals surface area contributed by atoms with Gasteiger partial charge in [0, 0.05) is 43.4 Å². The predicted octanol–water partition coefficient (Wildman–Crippen LogP) is 2.92. The Labute approximate surface area is 178 Å². The average molecular weight is 418 g/mol. The first-order valence-corrected chi connectivity index (χ1v) is 11.6. The van der Waals surface area contributed by atoms with Crippen molar-refractivity contribution < 1.29 is 14.3 Å². The zero-order valence-electron chi connectivity index (χ0n) is 18.0. The molecule has 2 saturated carbocycles. The number of aromatic amines is 1. The van der Waals surface area contributed by atoms with Gasteiger partial charge in [0.05, 0.1) is 12.5 Å². The quantitative estimate of drug-likeness (QED) is 0.593. The van der Waals surface area contributed by atoms with E-state index in [0.717, 1.165) is 57.4 Å². The van der Waals surface area contributed by atoms with Gasteiger partial charge in [-0.3, -0.25) is 9.89 Å². The topological polar surface area (TPSA) is 99.3 Å². The molecule has 2 amide bonds. The number of amides is 2. The number of nitrogens with zero attached hydrogens (tertiary/aromatic N) is 2. The van der Waals surface area contributed by atoms with Crippen LogP contribution >= 0.6 is 0 Å². The molecule has 3 fully saturated rings. The van der Waals surface area contributed by atoms with E-state index >= 15 is 0 Å². The van der Waals surface area contributed by atoms with Crippen LogP contribution in [0.4, 0.5) is 10.6 Å². The lowest BCUT2D eigenvalue weighted by Crippen LogP contribution is -2.48. The van der Waals surface area contributed by atoms with Crippen molar-refractivity contribution in [2.24, 2.45) is 11.8 Å². The molecular formula is C22H35N5O3. The number of hydrogen-bond acceptors (Lipinski definition) is 5.